The van der Waals surface area contributed by atoms with Crippen LogP contribution in [0.1, 0.15) is 59.1 Å². The average molecular weight is 522 g/mol. The predicted octanol–water partition coefficient (Wildman–Crippen LogP) is 3.98. The van der Waals surface area contributed by atoms with E-state index in [2.05, 4.69) is 10.1 Å². The molecule has 10 nitrogen and oxygen atoms in total. The molecule has 2 heterocycles. The molecule has 13 heteroatoms. The summed E-state index contributed by atoms with van der Waals surface area (Å²) in [6, 6.07) is 2.49. The Morgan fingerprint density at radius 2 is 1.88 bits per heavy atom. The number of halogens is 1. The molecule has 1 aromatic rings. The minimum absolute atomic E-state index is 0.0145. The SMILES string of the molecule is CCCCOCC1(S(=O)(=O)N2C(CP(=O)(OCC)OCC)=NOC2(C)c2ccc(F)cn2)CC1. The van der Waals surface area contributed by atoms with Gasteiger partial charge >= 0.3 is 7.60 Å². The number of hydrogen-bond donors (Lipinski definition) is 0. The van der Waals surface area contributed by atoms with Crippen molar-refractivity contribution in [1.29, 1.82) is 0 Å². The van der Waals surface area contributed by atoms with Crippen LogP contribution < -0.4 is 0 Å². The molecular weight excluding hydrogens is 488 g/mol. The fraction of sp³-hybridized carbons (Fsp3) is 0.714. The first-order chi connectivity index (χ1) is 16.1. The minimum atomic E-state index is -4.15. The Morgan fingerprint density at radius 1 is 1.21 bits per heavy atom. The van der Waals surface area contributed by atoms with Crippen LogP contribution in [0.3, 0.4) is 0 Å². The van der Waals surface area contributed by atoms with Crippen LogP contribution in [0.5, 0.6) is 0 Å². The van der Waals surface area contributed by atoms with E-state index in [9.17, 15) is 17.4 Å². The van der Waals surface area contributed by atoms with E-state index in [1.807, 2.05) is 6.92 Å². The summed E-state index contributed by atoms with van der Waals surface area (Å²) >= 11 is 0. The number of nitrogens with zero attached hydrogens (tertiary/aromatic N) is 3. The molecule has 34 heavy (non-hydrogen) atoms. The van der Waals surface area contributed by atoms with Crippen LogP contribution in [0.25, 0.3) is 0 Å². The molecule has 2 aliphatic rings. The number of ether oxygens (including phenoxy) is 1. The zero-order valence-electron chi connectivity index (χ0n) is 20.0. The van der Waals surface area contributed by atoms with E-state index in [0.29, 0.717) is 19.4 Å². The van der Waals surface area contributed by atoms with Gasteiger partial charge in [0.15, 0.2) is 5.84 Å². The first-order valence-electron chi connectivity index (χ1n) is 11.5. The second-order valence-corrected chi connectivity index (χ2v) is 12.6. The van der Waals surface area contributed by atoms with Gasteiger partial charge in [0.25, 0.3) is 5.72 Å². The first-order valence-corrected chi connectivity index (χ1v) is 14.6. The van der Waals surface area contributed by atoms with Crippen molar-refractivity contribution >= 4 is 23.5 Å². The highest BCUT2D eigenvalue weighted by atomic mass is 32.2. The highest BCUT2D eigenvalue weighted by Crippen LogP contribution is 2.53. The smallest absolute Gasteiger partial charge is 0.338 e. The standard InChI is InChI=1S/C21H33FN3O7PS/c1-5-8-13-29-16-21(11-12-21)34(27,28)25-19(15-33(26,30-6-2)31-7-3)24-32-20(25,4)18-10-9-17(22)14-23-18/h9-10,14H,5-8,11-13,15-16H2,1-4H3. The Hall–Kier alpha value is -1.59. The maximum absolute atomic E-state index is 14.1. The molecule has 0 N–H and O–H groups in total. The van der Waals surface area contributed by atoms with Crippen molar-refractivity contribution in [1.82, 2.24) is 9.29 Å². The zero-order valence-corrected chi connectivity index (χ0v) is 21.7. The zero-order chi connectivity index (χ0) is 25.0. The summed E-state index contributed by atoms with van der Waals surface area (Å²) in [5, 5.41) is 3.99. The quantitative estimate of drug-likeness (QED) is 0.267. The number of unbranched alkanes of at least 4 members (excludes halogenated alkanes) is 1. The number of oxime groups is 1. The van der Waals surface area contributed by atoms with Gasteiger partial charge in [-0.25, -0.2) is 17.1 Å². The van der Waals surface area contributed by atoms with Gasteiger partial charge in [-0.3, -0.25) is 9.55 Å². The van der Waals surface area contributed by atoms with Crippen LogP contribution in [0, 0.1) is 5.82 Å². The predicted molar refractivity (Wildman–Crippen MR) is 124 cm³/mol. The molecule has 0 amide bonds. The summed E-state index contributed by atoms with van der Waals surface area (Å²) in [7, 11) is -7.87. The minimum Gasteiger partial charge on any atom is -0.380 e. The first kappa shape index (κ1) is 27.0. The molecule has 0 spiro atoms. The van der Waals surface area contributed by atoms with Crippen molar-refractivity contribution in [2.24, 2.45) is 5.16 Å². The molecule has 1 atom stereocenters. The number of amidine groups is 1. The van der Waals surface area contributed by atoms with E-state index in [4.69, 9.17) is 18.6 Å². The van der Waals surface area contributed by atoms with Crippen LogP contribution in [0.2, 0.25) is 0 Å². The van der Waals surface area contributed by atoms with Gasteiger partial charge in [0.2, 0.25) is 10.0 Å². The number of rotatable bonds is 14. The van der Waals surface area contributed by atoms with Crippen molar-refractivity contribution in [2.75, 3.05) is 32.6 Å². The second kappa shape index (κ2) is 10.6. The van der Waals surface area contributed by atoms with E-state index in [1.165, 1.54) is 13.0 Å². The van der Waals surface area contributed by atoms with Crippen LogP contribution in [0.15, 0.2) is 23.5 Å². The van der Waals surface area contributed by atoms with E-state index in [1.54, 1.807) is 13.8 Å². The van der Waals surface area contributed by atoms with E-state index in [0.717, 1.165) is 29.4 Å². The molecular formula is C21H33FN3O7PS. The molecule has 1 unspecified atom stereocenters. The summed E-state index contributed by atoms with van der Waals surface area (Å²) in [4.78, 5) is 9.67. The van der Waals surface area contributed by atoms with Crippen LogP contribution in [0.4, 0.5) is 4.39 Å². The van der Waals surface area contributed by atoms with Crippen molar-refractivity contribution < 1.29 is 36.0 Å². The van der Waals surface area contributed by atoms with Crippen LogP contribution >= 0.6 is 7.60 Å². The highest BCUT2D eigenvalue weighted by Gasteiger charge is 2.64. The van der Waals surface area contributed by atoms with Gasteiger partial charge < -0.3 is 18.6 Å². The molecule has 1 fully saturated rings. The van der Waals surface area contributed by atoms with E-state index < -0.39 is 40.1 Å². The summed E-state index contributed by atoms with van der Waals surface area (Å²) in [6.07, 6.45) is 3.09. The number of sulfonamides is 1. The molecule has 3 rings (SSSR count). The maximum atomic E-state index is 14.1. The molecule has 1 aromatic heterocycles. The van der Waals surface area contributed by atoms with Crippen molar-refractivity contribution in [3.05, 3.63) is 29.8 Å². The van der Waals surface area contributed by atoms with Crippen LogP contribution in [-0.2, 0) is 38.9 Å². The van der Waals surface area contributed by atoms with Crippen molar-refractivity contribution in [3.63, 3.8) is 0 Å². The lowest BCUT2D eigenvalue weighted by Gasteiger charge is -2.36. The molecule has 1 saturated carbocycles. The third-order valence-corrected chi connectivity index (χ3v) is 10.4. The normalized spacial score (nSPS) is 21.9. The lowest BCUT2D eigenvalue weighted by molar-refractivity contribution is -0.0647. The van der Waals surface area contributed by atoms with E-state index >= 15 is 0 Å². The Bertz CT molecular complexity index is 1020. The molecule has 0 saturated heterocycles. The molecule has 1 aliphatic heterocycles. The Kier molecular flexibility index (Phi) is 8.40. The Morgan fingerprint density at radius 3 is 2.41 bits per heavy atom. The molecule has 0 bridgehead atoms. The highest BCUT2D eigenvalue weighted by molar-refractivity contribution is 7.91. The van der Waals surface area contributed by atoms with Gasteiger partial charge in [0.05, 0.1) is 26.0 Å². The van der Waals surface area contributed by atoms with Gasteiger partial charge in [-0.05, 0) is 45.2 Å². The Balaban J connectivity index is 2.00. The number of pyridine rings is 1. The Labute approximate surface area is 200 Å². The van der Waals surface area contributed by atoms with Crippen molar-refractivity contribution in [2.45, 2.75) is 63.9 Å². The topological polar surface area (TPSA) is 117 Å². The third kappa shape index (κ3) is 5.31. The van der Waals surface area contributed by atoms with Gasteiger partial charge in [-0.1, -0.05) is 18.5 Å². The summed E-state index contributed by atoms with van der Waals surface area (Å²) in [6.45, 7) is 7.48. The molecule has 0 radical (unpaired) electrons. The fourth-order valence-corrected chi connectivity index (χ4v) is 7.62. The van der Waals surface area contributed by atoms with Gasteiger partial charge in [-0.15, -0.1) is 0 Å². The second-order valence-electron chi connectivity index (χ2n) is 8.41. The fourth-order valence-electron chi connectivity index (χ4n) is 3.73. The molecule has 1 aliphatic carbocycles. The maximum Gasteiger partial charge on any atom is 0.338 e. The molecule has 0 aromatic carbocycles. The van der Waals surface area contributed by atoms with E-state index in [-0.39, 0.29) is 31.4 Å². The number of hydrogen-bond acceptors (Lipinski definition) is 9. The van der Waals surface area contributed by atoms with Gasteiger partial charge in [0.1, 0.15) is 22.4 Å². The van der Waals surface area contributed by atoms with Crippen molar-refractivity contribution in [3.8, 4) is 0 Å². The van der Waals surface area contributed by atoms with Gasteiger partial charge in [-0.2, -0.15) is 0 Å². The average Bonchev–Trinajstić information content (AvgIpc) is 3.50. The summed E-state index contributed by atoms with van der Waals surface area (Å²) < 4.78 is 71.2. The summed E-state index contributed by atoms with van der Waals surface area (Å²) in [5.74, 6) is -0.709. The largest absolute Gasteiger partial charge is 0.380 e. The lowest BCUT2D eigenvalue weighted by Crippen LogP contribution is -2.54. The monoisotopic (exact) mass is 521 g/mol. The molecule has 192 valence electrons. The summed E-state index contributed by atoms with van der Waals surface area (Å²) in [5.41, 5.74) is -1.59. The van der Waals surface area contributed by atoms with Gasteiger partial charge in [0, 0.05) is 13.5 Å². The number of aromatic nitrogens is 1. The van der Waals surface area contributed by atoms with Crippen LogP contribution in [-0.4, -0.2) is 60.9 Å². The lowest BCUT2D eigenvalue weighted by atomic mass is 10.1. The third-order valence-electron chi connectivity index (χ3n) is 5.74.